The summed E-state index contributed by atoms with van der Waals surface area (Å²) >= 11 is 0. The van der Waals surface area contributed by atoms with E-state index in [-0.39, 0.29) is 11.8 Å². The summed E-state index contributed by atoms with van der Waals surface area (Å²) in [6, 6.07) is 7.28. The summed E-state index contributed by atoms with van der Waals surface area (Å²) in [5, 5.41) is 6.39. The van der Waals surface area contributed by atoms with E-state index in [2.05, 4.69) is 31.4 Å². The molecular weight excluding hydrogens is 338 g/mol. The van der Waals surface area contributed by atoms with Crippen molar-refractivity contribution >= 4 is 17.5 Å². The fraction of sp³-hybridized carbons (Fsp3) is 0.636. The Bertz CT molecular complexity index is 588. The zero-order valence-electron chi connectivity index (χ0n) is 17.1. The molecule has 2 N–H and O–H groups in total. The van der Waals surface area contributed by atoms with Crippen LogP contribution >= 0.6 is 0 Å². The monoisotopic (exact) mass is 373 g/mol. The lowest BCUT2D eigenvalue weighted by molar-refractivity contribution is -0.117. The first-order valence-corrected chi connectivity index (χ1v) is 10.4. The van der Waals surface area contributed by atoms with Gasteiger partial charge in [0.15, 0.2) is 0 Å². The number of nitrogens with one attached hydrogen (secondary N) is 2. The van der Waals surface area contributed by atoms with Gasteiger partial charge in [0, 0.05) is 30.8 Å². The van der Waals surface area contributed by atoms with Crippen molar-refractivity contribution in [3.8, 4) is 0 Å². The molecule has 0 aliphatic carbocycles. The summed E-state index contributed by atoms with van der Waals surface area (Å²) in [6.07, 6.45) is 4.83. The molecule has 0 aromatic heterocycles. The van der Waals surface area contributed by atoms with E-state index in [1.54, 1.807) is 0 Å². The summed E-state index contributed by atoms with van der Waals surface area (Å²) < 4.78 is 0. The van der Waals surface area contributed by atoms with Gasteiger partial charge in [-0.3, -0.25) is 9.59 Å². The number of amides is 2. The van der Waals surface area contributed by atoms with Gasteiger partial charge in [0.25, 0.3) is 5.91 Å². The van der Waals surface area contributed by atoms with Crippen LogP contribution in [0.3, 0.4) is 0 Å². The molecule has 0 bridgehead atoms. The minimum absolute atomic E-state index is 0.0470. The maximum atomic E-state index is 12.6. The van der Waals surface area contributed by atoms with E-state index in [0.29, 0.717) is 23.8 Å². The van der Waals surface area contributed by atoms with Crippen molar-refractivity contribution in [2.75, 3.05) is 31.5 Å². The van der Waals surface area contributed by atoms with Crippen LogP contribution in [-0.2, 0) is 4.79 Å². The lowest BCUT2D eigenvalue weighted by Crippen LogP contribution is -2.34. The molecule has 2 atom stereocenters. The average molecular weight is 374 g/mol. The predicted molar refractivity (Wildman–Crippen MR) is 111 cm³/mol. The quantitative estimate of drug-likeness (QED) is 0.690. The topological polar surface area (TPSA) is 61.4 Å². The Morgan fingerprint density at radius 3 is 2.41 bits per heavy atom. The maximum Gasteiger partial charge on any atom is 0.253 e. The molecule has 1 fully saturated rings. The molecule has 1 heterocycles. The van der Waals surface area contributed by atoms with E-state index >= 15 is 0 Å². The van der Waals surface area contributed by atoms with Gasteiger partial charge < -0.3 is 15.5 Å². The van der Waals surface area contributed by atoms with Gasteiger partial charge in [0.2, 0.25) is 5.91 Å². The Morgan fingerprint density at radius 1 is 1.19 bits per heavy atom. The molecule has 1 aliphatic heterocycles. The second-order valence-corrected chi connectivity index (χ2v) is 7.71. The zero-order valence-corrected chi connectivity index (χ0v) is 17.1. The van der Waals surface area contributed by atoms with Gasteiger partial charge in [0.05, 0.1) is 0 Å². The van der Waals surface area contributed by atoms with Gasteiger partial charge in [0.1, 0.15) is 0 Å². The predicted octanol–water partition coefficient (Wildman–Crippen LogP) is 3.91. The molecule has 2 rings (SSSR count). The highest BCUT2D eigenvalue weighted by molar-refractivity contribution is 5.95. The highest BCUT2D eigenvalue weighted by Crippen LogP contribution is 2.23. The van der Waals surface area contributed by atoms with E-state index in [1.807, 2.05) is 29.2 Å². The first kappa shape index (κ1) is 21.4. The van der Waals surface area contributed by atoms with Gasteiger partial charge in [-0.2, -0.15) is 0 Å². The van der Waals surface area contributed by atoms with Crippen LogP contribution in [0, 0.1) is 11.8 Å². The Balaban J connectivity index is 1.88. The number of piperidine rings is 1. The highest BCUT2D eigenvalue weighted by atomic mass is 16.2. The molecule has 2 amide bonds. The van der Waals surface area contributed by atoms with Crippen molar-refractivity contribution in [1.29, 1.82) is 0 Å². The third-order valence-electron chi connectivity index (χ3n) is 5.34. The normalized spacial score (nSPS) is 18.0. The van der Waals surface area contributed by atoms with Crippen molar-refractivity contribution in [1.82, 2.24) is 10.2 Å². The molecule has 1 aromatic rings. The molecule has 150 valence electrons. The van der Waals surface area contributed by atoms with E-state index in [4.69, 9.17) is 0 Å². The van der Waals surface area contributed by atoms with Crippen molar-refractivity contribution in [3.05, 3.63) is 29.8 Å². The van der Waals surface area contributed by atoms with Crippen molar-refractivity contribution < 1.29 is 9.59 Å². The minimum Gasteiger partial charge on any atom is -0.339 e. The van der Waals surface area contributed by atoms with Crippen LogP contribution in [0.4, 0.5) is 5.69 Å². The smallest absolute Gasteiger partial charge is 0.253 e. The number of hydrogen-bond acceptors (Lipinski definition) is 3. The van der Waals surface area contributed by atoms with Crippen LogP contribution in [0.25, 0.3) is 0 Å². The number of anilines is 1. The van der Waals surface area contributed by atoms with Crippen LogP contribution in [0.15, 0.2) is 24.3 Å². The van der Waals surface area contributed by atoms with Gasteiger partial charge in [-0.25, -0.2) is 0 Å². The summed E-state index contributed by atoms with van der Waals surface area (Å²) in [6.45, 7) is 9.98. The highest BCUT2D eigenvalue weighted by Gasteiger charge is 2.22. The third-order valence-corrected chi connectivity index (χ3v) is 5.34. The Hall–Kier alpha value is -1.88. The first-order valence-electron chi connectivity index (χ1n) is 10.4. The van der Waals surface area contributed by atoms with Crippen LogP contribution in [0.1, 0.15) is 63.2 Å². The lowest BCUT2D eigenvalue weighted by Gasteiger charge is -2.28. The van der Waals surface area contributed by atoms with E-state index in [9.17, 15) is 9.59 Å². The number of nitrogens with zero attached hydrogens (tertiary/aromatic N) is 1. The Kier molecular flexibility index (Phi) is 8.79. The number of carbonyl (C=O) groups excluding carboxylic acids is 2. The third kappa shape index (κ3) is 6.65. The molecule has 5 heteroatoms. The first-order chi connectivity index (χ1) is 13.0. The summed E-state index contributed by atoms with van der Waals surface area (Å²) in [5.74, 6) is 1.06. The largest absolute Gasteiger partial charge is 0.339 e. The number of benzene rings is 1. The summed E-state index contributed by atoms with van der Waals surface area (Å²) in [5.41, 5.74) is 1.43. The van der Waals surface area contributed by atoms with E-state index in [0.717, 1.165) is 44.7 Å². The molecule has 1 saturated heterocycles. The maximum absolute atomic E-state index is 12.6. The molecule has 27 heavy (non-hydrogen) atoms. The zero-order chi connectivity index (χ0) is 19.6. The molecule has 0 radical (unpaired) electrons. The molecular formula is C22H35N3O2. The number of hydrogen-bond donors (Lipinski definition) is 2. The Labute approximate surface area is 163 Å². The van der Waals surface area contributed by atoms with Crippen LogP contribution in [-0.4, -0.2) is 42.9 Å². The molecule has 1 aromatic carbocycles. The van der Waals surface area contributed by atoms with Crippen molar-refractivity contribution in [2.45, 2.75) is 52.9 Å². The fourth-order valence-corrected chi connectivity index (χ4v) is 3.77. The SMILES string of the molecule is CCCN(CCC)C(=O)c1ccc(NC(=O)CC(C)C2CCCNC2)cc1. The molecule has 0 saturated carbocycles. The Morgan fingerprint density at radius 2 is 1.85 bits per heavy atom. The standard InChI is InChI=1S/C22H35N3O2/c1-4-13-25(14-5-2)22(27)18-8-10-20(11-9-18)24-21(26)15-17(3)19-7-6-12-23-16-19/h8-11,17,19,23H,4-7,12-16H2,1-3H3,(H,24,26). The minimum atomic E-state index is 0.0470. The van der Waals surface area contributed by atoms with E-state index < -0.39 is 0 Å². The number of rotatable bonds is 9. The van der Waals surface area contributed by atoms with Gasteiger partial charge in [-0.05, 0) is 74.9 Å². The fourth-order valence-electron chi connectivity index (χ4n) is 3.77. The lowest BCUT2D eigenvalue weighted by atomic mass is 9.85. The summed E-state index contributed by atoms with van der Waals surface area (Å²) in [4.78, 5) is 26.9. The van der Waals surface area contributed by atoms with Crippen LogP contribution in [0.5, 0.6) is 0 Å². The van der Waals surface area contributed by atoms with Crippen molar-refractivity contribution in [3.63, 3.8) is 0 Å². The summed E-state index contributed by atoms with van der Waals surface area (Å²) in [7, 11) is 0. The van der Waals surface area contributed by atoms with Gasteiger partial charge >= 0.3 is 0 Å². The van der Waals surface area contributed by atoms with Crippen LogP contribution in [0.2, 0.25) is 0 Å². The molecule has 5 nitrogen and oxygen atoms in total. The van der Waals surface area contributed by atoms with Gasteiger partial charge in [-0.15, -0.1) is 0 Å². The van der Waals surface area contributed by atoms with E-state index in [1.165, 1.54) is 12.8 Å². The molecule has 1 aliphatic rings. The van der Waals surface area contributed by atoms with Gasteiger partial charge in [-0.1, -0.05) is 20.8 Å². The van der Waals surface area contributed by atoms with Crippen LogP contribution < -0.4 is 10.6 Å². The molecule has 2 unspecified atom stereocenters. The average Bonchev–Trinajstić information content (AvgIpc) is 2.68. The second-order valence-electron chi connectivity index (χ2n) is 7.71. The number of carbonyl (C=O) groups is 2. The van der Waals surface area contributed by atoms with Crippen molar-refractivity contribution in [2.24, 2.45) is 11.8 Å². The molecule has 0 spiro atoms. The second kappa shape index (κ2) is 11.1.